The molecule has 0 amide bonds. The van der Waals surface area contributed by atoms with Gasteiger partial charge in [0.15, 0.2) is 5.13 Å². The lowest BCUT2D eigenvalue weighted by molar-refractivity contribution is 0.333. The quantitative estimate of drug-likeness (QED) is 0.808. The molecule has 16 heavy (non-hydrogen) atoms. The zero-order valence-electron chi connectivity index (χ0n) is 9.14. The van der Waals surface area contributed by atoms with Crippen LogP contribution in [0.25, 0.3) is 0 Å². The van der Waals surface area contributed by atoms with Crippen molar-refractivity contribution in [3.63, 3.8) is 0 Å². The molecule has 1 N–H and O–H groups in total. The molecule has 1 aromatic carbocycles. The summed E-state index contributed by atoms with van der Waals surface area (Å²) in [7, 11) is 0. The van der Waals surface area contributed by atoms with Gasteiger partial charge in [-0.3, -0.25) is 0 Å². The number of thiazole rings is 1. The van der Waals surface area contributed by atoms with Crippen molar-refractivity contribution in [2.24, 2.45) is 0 Å². The van der Waals surface area contributed by atoms with Crippen LogP contribution in [-0.4, -0.2) is 18.1 Å². The Morgan fingerprint density at radius 2 is 2.12 bits per heavy atom. The highest BCUT2D eigenvalue weighted by atomic mass is 32.1. The lowest BCUT2D eigenvalue weighted by atomic mass is 10.3. The summed E-state index contributed by atoms with van der Waals surface area (Å²) >= 11 is 1.62. The molecule has 0 aliphatic heterocycles. The van der Waals surface area contributed by atoms with E-state index in [1.54, 1.807) is 11.3 Å². The maximum atomic E-state index is 5.55. The highest BCUT2D eigenvalue weighted by Gasteiger charge is 1.96. The molecule has 0 spiro atoms. The summed E-state index contributed by atoms with van der Waals surface area (Å²) in [5.74, 6) is 0.902. The minimum Gasteiger partial charge on any atom is -0.492 e. The first kappa shape index (κ1) is 11.0. The van der Waals surface area contributed by atoms with Gasteiger partial charge in [-0.1, -0.05) is 18.2 Å². The third-order valence-electron chi connectivity index (χ3n) is 2.01. The number of nitrogens with zero attached hydrogens (tertiary/aromatic N) is 1. The fourth-order valence-electron chi connectivity index (χ4n) is 1.28. The summed E-state index contributed by atoms with van der Waals surface area (Å²) in [6.45, 7) is 3.40. The van der Waals surface area contributed by atoms with Crippen LogP contribution in [0, 0.1) is 6.92 Å². The highest BCUT2D eigenvalue weighted by molar-refractivity contribution is 7.13. The van der Waals surface area contributed by atoms with E-state index < -0.39 is 0 Å². The average molecular weight is 234 g/mol. The predicted molar refractivity (Wildman–Crippen MR) is 67.3 cm³/mol. The van der Waals surface area contributed by atoms with Gasteiger partial charge in [0.05, 0.1) is 12.2 Å². The van der Waals surface area contributed by atoms with E-state index in [0.29, 0.717) is 6.61 Å². The van der Waals surface area contributed by atoms with E-state index in [4.69, 9.17) is 4.74 Å². The standard InChI is InChI=1S/C12H14N2OS/c1-10-9-16-12(14-10)13-7-8-15-11-5-3-2-4-6-11/h2-6,9H,7-8H2,1H3,(H,13,14). The number of aryl methyl sites for hydroxylation is 1. The predicted octanol–water partition coefficient (Wildman–Crippen LogP) is 2.94. The van der Waals surface area contributed by atoms with Crippen molar-refractivity contribution in [3.05, 3.63) is 41.4 Å². The van der Waals surface area contributed by atoms with Crippen molar-refractivity contribution in [3.8, 4) is 5.75 Å². The van der Waals surface area contributed by atoms with Gasteiger partial charge in [-0.25, -0.2) is 4.98 Å². The summed E-state index contributed by atoms with van der Waals surface area (Å²) < 4.78 is 5.55. The molecule has 0 bridgehead atoms. The van der Waals surface area contributed by atoms with E-state index in [0.717, 1.165) is 23.1 Å². The largest absolute Gasteiger partial charge is 0.492 e. The monoisotopic (exact) mass is 234 g/mol. The average Bonchev–Trinajstić information content (AvgIpc) is 2.72. The van der Waals surface area contributed by atoms with Gasteiger partial charge < -0.3 is 10.1 Å². The molecule has 4 heteroatoms. The maximum absolute atomic E-state index is 5.55. The number of para-hydroxylation sites is 1. The number of hydrogen-bond donors (Lipinski definition) is 1. The Hall–Kier alpha value is -1.55. The zero-order chi connectivity index (χ0) is 11.2. The molecular weight excluding hydrogens is 220 g/mol. The van der Waals surface area contributed by atoms with Crippen LogP contribution in [0.4, 0.5) is 5.13 Å². The van der Waals surface area contributed by atoms with Gasteiger partial charge in [0, 0.05) is 5.38 Å². The molecule has 2 rings (SSSR count). The Labute approximate surface area is 99.1 Å². The van der Waals surface area contributed by atoms with Crippen molar-refractivity contribution < 1.29 is 4.74 Å². The first-order valence-electron chi connectivity index (χ1n) is 5.18. The number of rotatable bonds is 5. The second-order valence-electron chi connectivity index (χ2n) is 3.38. The van der Waals surface area contributed by atoms with Gasteiger partial charge in [0.1, 0.15) is 12.4 Å². The van der Waals surface area contributed by atoms with E-state index in [1.807, 2.05) is 42.6 Å². The summed E-state index contributed by atoms with van der Waals surface area (Å²) in [6, 6.07) is 9.81. The molecule has 1 heterocycles. The summed E-state index contributed by atoms with van der Waals surface area (Å²) in [6.07, 6.45) is 0. The van der Waals surface area contributed by atoms with E-state index in [2.05, 4.69) is 10.3 Å². The molecule has 84 valence electrons. The Morgan fingerprint density at radius 1 is 1.31 bits per heavy atom. The van der Waals surface area contributed by atoms with Gasteiger partial charge in [0.25, 0.3) is 0 Å². The third kappa shape index (κ3) is 3.24. The Bertz CT molecular complexity index is 428. The minimum absolute atomic E-state index is 0.642. The number of anilines is 1. The summed E-state index contributed by atoms with van der Waals surface area (Å²) in [4.78, 5) is 4.31. The van der Waals surface area contributed by atoms with Gasteiger partial charge in [-0.15, -0.1) is 11.3 Å². The summed E-state index contributed by atoms with van der Waals surface area (Å²) in [5.41, 5.74) is 1.05. The second kappa shape index (κ2) is 5.51. The van der Waals surface area contributed by atoms with Crippen LogP contribution in [-0.2, 0) is 0 Å². The van der Waals surface area contributed by atoms with E-state index in [1.165, 1.54) is 0 Å². The third-order valence-corrected chi connectivity index (χ3v) is 2.93. The summed E-state index contributed by atoms with van der Waals surface area (Å²) in [5, 5.41) is 6.20. The van der Waals surface area contributed by atoms with Crippen LogP contribution in [0.15, 0.2) is 35.7 Å². The van der Waals surface area contributed by atoms with Crippen LogP contribution in [0.3, 0.4) is 0 Å². The molecule has 0 fully saturated rings. The van der Waals surface area contributed by atoms with Crippen molar-refractivity contribution in [1.82, 2.24) is 4.98 Å². The zero-order valence-corrected chi connectivity index (χ0v) is 9.96. The number of nitrogens with one attached hydrogen (secondary N) is 1. The Balaban J connectivity index is 1.69. The van der Waals surface area contributed by atoms with Gasteiger partial charge in [-0.05, 0) is 19.1 Å². The Kier molecular flexibility index (Phi) is 3.77. The second-order valence-corrected chi connectivity index (χ2v) is 4.24. The van der Waals surface area contributed by atoms with E-state index >= 15 is 0 Å². The fraction of sp³-hybridized carbons (Fsp3) is 0.250. The van der Waals surface area contributed by atoms with Gasteiger partial charge >= 0.3 is 0 Å². The molecule has 1 aromatic heterocycles. The van der Waals surface area contributed by atoms with Crippen LogP contribution < -0.4 is 10.1 Å². The SMILES string of the molecule is Cc1csc(NCCOc2ccccc2)n1. The lowest BCUT2D eigenvalue weighted by Crippen LogP contribution is -2.11. The first-order valence-corrected chi connectivity index (χ1v) is 6.06. The molecule has 3 nitrogen and oxygen atoms in total. The van der Waals surface area contributed by atoms with Crippen LogP contribution in [0.1, 0.15) is 5.69 Å². The molecule has 0 atom stereocenters. The number of benzene rings is 1. The number of hydrogen-bond acceptors (Lipinski definition) is 4. The van der Waals surface area contributed by atoms with Crippen molar-refractivity contribution in [2.45, 2.75) is 6.92 Å². The molecule has 0 saturated heterocycles. The van der Waals surface area contributed by atoms with Crippen LogP contribution in [0.2, 0.25) is 0 Å². The van der Waals surface area contributed by atoms with E-state index in [9.17, 15) is 0 Å². The molecular formula is C12H14N2OS. The van der Waals surface area contributed by atoms with Crippen LogP contribution >= 0.6 is 11.3 Å². The topological polar surface area (TPSA) is 34.1 Å². The van der Waals surface area contributed by atoms with Gasteiger partial charge in [-0.2, -0.15) is 0 Å². The maximum Gasteiger partial charge on any atom is 0.182 e. The van der Waals surface area contributed by atoms with Gasteiger partial charge in [0.2, 0.25) is 0 Å². The molecule has 0 saturated carbocycles. The molecule has 0 unspecified atom stereocenters. The smallest absolute Gasteiger partial charge is 0.182 e. The Morgan fingerprint density at radius 3 is 2.81 bits per heavy atom. The number of ether oxygens (including phenoxy) is 1. The highest BCUT2D eigenvalue weighted by Crippen LogP contribution is 2.14. The van der Waals surface area contributed by atoms with Crippen molar-refractivity contribution >= 4 is 16.5 Å². The minimum atomic E-state index is 0.642. The molecule has 0 aliphatic rings. The van der Waals surface area contributed by atoms with E-state index in [-0.39, 0.29) is 0 Å². The molecule has 0 radical (unpaired) electrons. The van der Waals surface area contributed by atoms with Crippen molar-refractivity contribution in [2.75, 3.05) is 18.5 Å². The fourth-order valence-corrected chi connectivity index (χ4v) is 2.00. The first-order chi connectivity index (χ1) is 7.84. The molecule has 2 aromatic rings. The number of aromatic nitrogens is 1. The van der Waals surface area contributed by atoms with Crippen molar-refractivity contribution in [1.29, 1.82) is 0 Å². The van der Waals surface area contributed by atoms with Crippen LogP contribution in [0.5, 0.6) is 5.75 Å². The normalized spacial score (nSPS) is 10.1. The molecule has 0 aliphatic carbocycles. The lowest BCUT2D eigenvalue weighted by Gasteiger charge is -2.06.